The molecule has 7 aromatic carbocycles. The minimum absolute atomic E-state index is 0.819. The second-order valence-corrected chi connectivity index (χ2v) is 10.6. The summed E-state index contributed by atoms with van der Waals surface area (Å²) in [7, 11) is 1.70. The van der Waals surface area contributed by atoms with Gasteiger partial charge in [0.25, 0.3) is 0 Å². The van der Waals surface area contributed by atoms with Crippen molar-refractivity contribution >= 4 is 60.5 Å². The normalized spacial score (nSPS) is 11.5. The van der Waals surface area contributed by atoms with Crippen molar-refractivity contribution in [3.8, 4) is 16.9 Å². The van der Waals surface area contributed by atoms with Crippen LogP contribution in [0.4, 0.5) is 17.1 Å². The summed E-state index contributed by atoms with van der Waals surface area (Å²) in [5.74, 6) is 0.819. The van der Waals surface area contributed by atoms with Gasteiger partial charge in [-0.3, -0.25) is 0 Å². The topological polar surface area (TPSA) is 25.6 Å². The quantitative estimate of drug-likeness (QED) is 0.217. The van der Waals surface area contributed by atoms with Crippen molar-refractivity contribution in [2.75, 3.05) is 12.0 Å². The molecular formula is C39H27NO2. The maximum absolute atomic E-state index is 6.34. The Kier molecular flexibility index (Phi) is 5.68. The molecule has 0 aliphatic rings. The fraction of sp³-hybridized carbons (Fsp3) is 0.0256. The SMILES string of the molecule is COc1ccc(N(c2ccc3c(c2)oc2ccccc23)c2ccc3ccccc3c2-c2ccc3ccccc3c2)cc1. The molecule has 0 saturated carbocycles. The molecule has 8 rings (SSSR count). The Balaban J connectivity index is 1.42. The summed E-state index contributed by atoms with van der Waals surface area (Å²) in [6.07, 6.45) is 0. The highest BCUT2D eigenvalue weighted by Gasteiger charge is 2.21. The first kappa shape index (κ1) is 24.3. The number of methoxy groups -OCH3 is 1. The fourth-order valence-corrected chi connectivity index (χ4v) is 6.11. The lowest BCUT2D eigenvalue weighted by molar-refractivity contribution is 0.415. The summed E-state index contributed by atoms with van der Waals surface area (Å²) in [5, 5.41) is 7.08. The summed E-state index contributed by atoms with van der Waals surface area (Å²) in [5.41, 5.74) is 7.24. The molecule has 42 heavy (non-hydrogen) atoms. The van der Waals surface area contributed by atoms with Crippen LogP contribution in [0.3, 0.4) is 0 Å². The van der Waals surface area contributed by atoms with Gasteiger partial charge in [0, 0.05) is 33.8 Å². The third-order valence-corrected chi connectivity index (χ3v) is 8.14. The summed E-state index contributed by atoms with van der Waals surface area (Å²) < 4.78 is 11.8. The van der Waals surface area contributed by atoms with E-state index in [4.69, 9.17) is 9.15 Å². The maximum atomic E-state index is 6.34. The van der Waals surface area contributed by atoms with Gasteiger partial charge in [-0.2, -0.15) is 0 Å². The number of fused-ring (bicyclic) bond motifs is 5. The standard InChI is InChI=1S/C39H27NO2/c1-41-32-20-17-30(18-21-32)40(31-19-22-35-34-12-6-7-13-37(34)42-38(35)25-31)36-23-16-27-9-4-5-11-33(27)39(36)29-15-14-26-8-2-3-10-28(26)24-29/h2-25H,1H3. The van der Waals surface area contributed by atoms with Gasteiger partial charge in [0.1, 0.15) is 16.9 Å². The van der Waals surface area contributed by atoms with Gasteiger partial charge in [0.05, 0.1) is 12.8 Å². The maximum Gasteiger partial charge on any atom is 0.137 e. The molecule has 0 bridgehead atoms. The molecule has 0 atom stereocenters. The highest BCUT2D eigenvalue weighted by Crippen LogP contribution is 2.46. The van der Waals surface area contributed by atoms with Crippen LogP contribution in [0, 0.1) is 0 Å². The van der Waals surface area contributed by atoms with Gasteiger partial charge in [-0.1, -0.05) is 84.9 Å². The summed E-state index contributed by atoms with van der Waals surface area (Å²) in [6.45, 7) is 0. The minimum atomic E-state index is 0.819. The number of furan rings is 1. The van der Waals surface area contributed by atoms with E-state index in [0.717, 1.165) is 44.8 Å². The number of benzene rings is 7. The average molecular weight is 542 g/mol. The third-order valence-electron chi connectivity index (χ3n) is 8.14. The molecule has 3 heteroatoms. The molecule has 1 heterocycles. The molecule has 0 fully saturated rings. The van der Waals surface area contributed by atoms with Gasteiger partial charge in [-0.15, -0.1) is 0 Å². The van der Waals surface area contributed by atoms with E-state index < -0.39 is 0 Å². The Bertz CT molecular complexity index is 2240. The van der Waals surface area contributed by atoms with Gasteiger partial charge in [0.2, 0.25) is 0 Å². The predicted octanol–water partition coefficient (Wildman–Crippen LogP) is 11.0. The van der Waals surface area contributed by atoms with Crippen LogP contribution in [0.15, 0.2) is 150 Å². The van der Waals surface area contributed by atoms with Crippen molar-refractivity contribution in [2.45, 2.75) is 0 Å². The number of rotatable bonds is 5. The molecule has 8 aromatic rings. The number of hydrogen-bond acceptors (Lipinski definition) is 3. The zero-order chi connectivity index (χ0) is 28.0. The Labute approximate surface area is 243 Å². The fourth-order valence-electron chi connectivity index (χ4n) is 6.11. The Morgan fingerprint density at radius 1 is 0.500 bits per heavy atom. The summed E-state index contributed by atoms with van der Waals surface area (Å²) in [6, 6.07) is 51.3. The first-order chi connectivity index (χ1) is 20.8. The van der Waals surface area contributed by atoms with E-state index in [1.165, 1.54) is 32.7 Å². The van der Waals surface area contributed by atoms with Crippen molar-refractivity contribution in [2.24, 2.45) is 0 Å². The smallest absolute Gasteiger partial charge is 0.137 e. The summed E-state index contributed by atoms with van der Waals surface area (Å²) in [4.78, 5) is 2.32. The van der Waals surface area contributed by atoms with E-state index in [1.807, 2.05) is 24.3 Å². The largest absolute Gasteiger partial charge is 0.497 e. The van der Waals surface area contributed by atoms with Crippen LogP contribution >= 0.6 is 0 Å². The molecule has 0 N–H and O–H groups in total. The molecule has 0 amide bonds. The molecule has 200 valence electrons. The third kappa shape index (κ3) is 3.98. The Morgan fingerprint density at radius 3 is 2.00 bits per heavy atom. The molecule has 0 spiro atoms. The van der Waals surface area contributed by atoms with Crippen molar-refractivity contribution < 1.29 is 9.15 Å². The van der Waals surface area contributed by atoms with E-state index in [1.54, 1.807) is 7.11 Å². The first-order valence-corrected chi connectivity index (χ1v) is 14.1. The van der Waals surface area contributed by atoms with Crippen LogP contribution in [0.25, 0.3) is 54.6 Å². The molecule has 0 saturated heterocycles. The number of anilines is 3. The number of nitrogens with zero attached hydrogens (tertiary/aromatic N) is 1. The van der Waals surface area contributed by atoms with Gasteiger partial charge in [0.15, 0.2) is 0 Å². The van der Waals surface area contributed by atoms with Crippen LogP contribution < -0.4 is 9.64 Å². The number of ether oxygens (including phenoxy) is 1. The molecule has 0 radical (unpaired) electrons. The van der Waals surface area contributed by atoms with Crippen molar-refractivity contribution in [1.82, 2.24) is 0 Å². The lowest BCUT2D eigenvalue weighted by Gasteiger charge is -2.29. The minimum Gasteiger partial charge on any atom is -0.497 e. The lowest BCUT2D eigenvalue weighted by atomic mass is 9.93. The van der Waals surface area contributed by atoms with E-state index in [0.29, 0.717) is 0 Å². The second-order valence-electron chi connectivity index (χ2n) is 10.6. The van der Waals surface area contributed by atoms with Crippen LogP contribution in [0.1, 0.15) is 0 Å². The first-order valence-electron chi connectivity index (χ1n) is 14.1. The Morgan fingerprint density at radius 2 is 1.17 bits per heavy atom. The van der Waals surface area contributed by atoms with Crippen molar-refractivity contribution in [3.63, 3.8) is 0 Å². The highest BCUT2D eigenvalue weighted by molar-refractivity contribution is 6.09. The van der Waals surface area contributed by atoms with Gasteiger partial charge >= 0.3 is 0 Å². The van der Waals surface area contributed by atoms with E-state index >= 15 is 0 Å². The highest BCUT2D eigenvalue weighted by atomic mass is 16.5. The summed E-state index contributed by atoms with van der Waals surface area (Å²) >= 11 is 0. The van der Waals surface area contributed by atoms with Crippen molar-refractivity contribution in [1.29, 1.82) is 0 Å². The Hall–Kier alpha value is -5.54. The van der Waals surface area contributed by atoms with E-state index in [9.17, 15) is 0 Å². The second kappa shape index (κ2) is 9.83. The van der Waals surface area contributed by atoms with Gasteiger partial charge < -0.3 is 14.1 Å². The van der Waals surface area contributed by atoms with Crippen LogP contribution in [0.2, 0.25) is 0 Å². The van der Waals surface area contributed by atoms with E-state index in [-0.39, 0.29) is 0 Å². The van der Waals surface area contributed by atoms with Gasteiger partial charge in [-0.25, -0.2) is 0 Å². The number of hydrogen-bond donors (Lipinski definition) is 0. The molecule has 0 unspecified atom stereocenters. The van der Waals surface area contributed by atoms with E-state index in [2.05, 4.69) is 126 Å². The van der Waals surface area contributed by atoms with Crippen LogP contribution in [-0.4, -0.2) is 7.11 Å². The monoisotopic (exact) mass is 541 g/mol. The molecule has 3 nitrogen and oxygen atoms in total. The molecule has 0 aliphatic carbocycles. The zero-order valence-electron chi connectivity index (χ0n) is 23.1. The zero-order valence-corrected chi connectivity index (χ0v) is 23.1. The predicted molar refractivity (Wildman–Crippen MR) is 175 cm³/mol. The number of para-hydroxylation sites is 1. The molecular weight excluding hydrogens is 514 g/mol. The average Bonchev–Trinajstić information content (AvgIpc) is 3.43. The lowest BCUT2D eigenvalue weighted by Crippen LogP contribution is -2.11. The van der Waals surface area contributed by atoms with Crippen molar-refractivity contribution in [3.05, 3.63) is 146 Å². The molecule has 1 aromatic heterocycles. The van der Waals surface area contributed by atoms with Crippen LogP contribution in [0.5, 0.6) is 5.75 Å². The van der Waals surface area contributed by atoms with Gasteiger partial charge in [-0.05, 0) is 81.7 Å². The molecule has 0 aliphatic heterocycles. The van der Waals surface area contributed by atoms with Crippen LogP contribution in [-0.2, 0) is 0 Å².